The highest BCUT2D eigenvalue weighted by Crippen LogP contribution is 2.37. The quantitative estimate of drug-likeness (QED) is 0.759. The summed E-state index contributed by atoms with van der Waals surface area (Å²) in [5.74, 6) is 2.10. The molecule has 0 N–H and O–H groups in total. The second-order valence-electron chi connectivity index (χ2n) is 6.04. The second-order valence-corrected chi connectivity index (χ2v) is 6.04. The van der Waals surface area contributed by atoms with Crippen LogP contribution < -0.4 is 0 Å². The van der Waals surface area contributed by atoms with Crippen molar-refractivity contribution in [3.05, 3.63) is 41.9 Å². The van der Waals surface area contributed by atoms with Crippen LogP contribution in [0.2, 0.25) is 0 Å². The molecule has 0 spiro atoms. The van der Waals surface area contributed by atoms with Gasteiger partial charge in [-0.05, 0) is 45.3 Å². The Bertz CT molecular complexity index is 447. The number of hydrogen-bond donors (Lipinski definition) is 0. The molecule has 1 fully saturated rings. The van der Waals surface area contributed by atoms with Crippen molar-refractivity contribution < 1.29 is 9.31 Å². The average Bonchev–Trinajstić information content (AvgIpc) is 2.56. The van der Waals surface area contributed by atoms with Crippen molar-refractivity contribution in [2.75, 3.05) is 0 Å². The van der Waals surface area contributed by atoms with E-state index in [1.807, 2.05) is 6.07 Å². The summed E-state index contributed by atoms with van der Waals surface area (Å²) in [6, 6.07) is 10.4. The van der Waals surface area contributed by atoms with E-state index in [2.05, 4.69) is 64.9 Å². The molecule has 1 aromatic rings. The van der Waals surface area contributed by atoms with E-state index in [1.54, 1.807) is 0 Å². The first-order valence-corrected chi connectivity index (χ1v) is 6.97. The van der Waals surface area contributed by atoms with Gasteiger partial charge in [0.25, 0.3) is 0 Å². The molecule has 102 valence electrons. The lowest BCUT2D eigenvalue weighted by atomic mass is 9.84. The zero-order valence-electron chi connectivity index (χ0n) is 12.6. The third-order valence-electron chi connectivity index (χ3n) is 4.13. The molecule has 1 saturated heterocycles. The van der Waals surface area contributed by atoms with Gasteiger partial charge in [0.2, 0.25) is 0 Å². The molecular formula is C16H23BO2. The van der Waals surface area contributed by atoms with Crippen LogP contribution in [-0.4, -0.2) is 18.3 Å². The van der Waals surface area contributed by atoms with Gasteiger partial charge in [-0.1, -0.05) is 43.2 Å². The minimum Gasteiger partial charge on any atom is -0.400 e. The van der Waals surface area contributed by atoms with Gasteiger partial charge in [0.1, 0.15) is 0 Å². The number of benzene rings is 1. The lowest BCUT2D eigenvalue weighted by Crippen LogP contribution is -2.41. The smallest absolute Gasteiger partial charge is 0.400 e. The number of rotatable bonds is 3. The zero-order valence-corrected chi connectivity index (χ0v) is 12.6. The fourth-order valence-electron chi connectivity index (χ4n) is 2.19. The topological polar surface area (TPSA) is 18.5 Å². The van der Waals surface area contributed by atoms with Gasteiger partial charge >= 0.3 is 7.12 Å². The van der Waals surface area contributed by atoms with Crippen molar-refractivity contribution >= 4 is 12.7 Å². The average molecular weight is 258 g/mol. The third kappa shape index (κ3) is 2.93. The number of hydrogen-bond acceptors (Lipinski definition) is 2. The summed E-state index contributed by atoms with van der Waals surface area (Å²) in [7, 11) is -0.264. The third-order valence-corrected chi connectivity index (χ3v) is 4.13. The molecule has 1 aliphatic rings. The molecule has 1 aromatic carbocycles. The molecule has 2 nitrogen and oxygen atoms in total. The Balaban J connectivity index is 2.22. The molecule has 3 heteroatoms. The van der Waals surface area contributed by atoms with E-state index in [4.69, 9.17) is 9.31 Å². The SMILES string of the molecule is CCC(=CB1OC(C)(C)C(C)(C)O1)c1ccccc1. The highest BCUT2D eigenvalue weighted by molar-refractivity contribution is 6.53. The molecule has 2 rings (SSSR count). The Kier molecular flexibility index (Phi) is 3.89. The molecule has 1 aliphatic heterocycles. The van der Waals surface area contributed by atoms with E-state index >= 15 is 0 Å². The van der Waals surface area contributed by atoms with Crippen LogP contribution >= 0.6 is 0 Å². The molecule has 0 saturated carbocycles. The first-order chi connectivity index (χ1) is 8.86. The molecule has 0 unspecified atom stereocenters. The highest BCUT2D eigenvalue weighted by Gasteiger charge is 2.50. The van der Waals surface area contributed by atoms with Crippen LogP contribution in [0.15, 0.2) is 36.3 Å². The maximum atomic E-state index is 6.02. The minimum absolute atomic E-state index is 0.264. The Morgan fingerprint density at radius 3 is 2.05 bits per heavy atom. The largest absolute Gasteiger partial charge is 0.487 e. The fraction of sp³-hybridized carbons (Fsp3) is 0.500. The van der Waals surface area contributed by atoms with Crippen LogP contribution in [0.3, 0.4) is 0 Å². The van der Waals surface area contributed by atoms with Gasteiger partial charge in [0.15, 0.2) is 0 Å². The fourth-order valence-corrected chi connectivity index (χ4v) is 2.19. The lowest BCUT2D eigenvalue weighted by molar-refractivity contribution is 0.00578. The van der Waals surface area contributed by atoms with Crippen LogP contribution in [0.5, 0.6) is 0 Å². The standard InChI is InChI=1S/C16H23BO2/c1-6-13(14-10-8-7-9-11-14)12-17-18-15(2,3)16(4,5)19-17/h7-12H,6H2,1-5H3. The van der Waals surface area contributed by atoms with Crippen molar-refractivity contribution in [1.29, 1.82) is 0 Å². The van der Waals surface area contributed by atoms with E-state index in [9.17, 15) is 0 Å². The molecule has 0 aromatic heterocycles. The Hall–Kier alpha value is -1.06. The molecule has 19 heavy (non-hydrogen) atoms. The Morgan fingerprint density at radius 2 is 1.58 bits per heavy atom. The summed E-state index contributed by atoms with van der Waals surface area (Å²) in [6.45, 7) is 10.5. The monoisotopic (exact) mass is 258 g/mol. The van der Waals surface area contributed by atoms with Crippen LogP contribution in [0.1, 0.15) is 46.6 Å². The van der Waals surface area contributed by atoms with Gasteiger partial charge in [-0.2, -0.15) is 0 Å². The predicted molar refractivity (Wildman–Crippen MR) is 80.8 cm³/mol. The summed E-state index contributed by atoms with van der Waals surface area (Å²) in [5, 5.41) is 0. The molecule has 0 amide bonds. The van der Waals surface area contributed by atoms with Crippen molar-refractivity contribution in [3.8, 4) is 0 Å². The Morgan fingerprint density at radius 1 is 1.05 bits per heavy atom. The normalized spacial score (nSPS) is 21.7. The first kappa shape index (κ1) is 14.4. The van der Waals surface area contributed by atoms with Crippen molar-refractivity contribution in [3.63, 3.8) is 0 Å². The van der Waals surface area contributed by atoms with E-state index in [0.29, 0.717) is 0 Å². The van der Waals surface area contributed by atoms with Crippen LogP contribution in [-0.2, 0) is 9.31 Å². The summed E-state index contributed by atoms with van der Waals surface area (Å²) in [4.78, 5) is 0. The summed E-state index contributed by atoms with van der Waals surface area (Å²) in [6.07, 6.45) is 0.966. The second kappa shape index (κ2) is 5.14. The van der Waals surface area contributed by atoms with Crippen LogP contribution in [0, 0.1) is 0 Å². The van der Waals surface area contributed by atoms with Gasteiger partial charge in [-0.15, -0.1) is 0 Å². The molecule has 0 atom stereocenters. The summed E-state index contributed by atoms with van der Waals surface area (Å²) >= 11 is 0. The maximum Gasteiger partial charge on any atom is 0.487 e. The van der Waals surface area contributed by atoms with E-state index in [1.165, 1.54) is 11.1 Å². The van der Waals surface area contributed by atoms with Crippen molar-refractivity contribution in [1.82, 2.24) is 0 Å². The highest BCUT2D eigenvalue weighted by atomic mass is 16.7. The van der Waals surface area contributed by atoms with Gasteiger partial charge in [0.05, 0.1) is 11.2 Å². The van der Waals surface area contributed by atoms with Crippen LogP contribution in [0.25, 0.3) is 5.57 Å². The van der Waals surface area contributed by atoms with Crippen molar-refractivity contribution in [2.45, 2.75) is 52.2 Å². The van der Waals surface area contributed by atoms with Gasteiger partial charge in [0, 0.05) is 0 Å². The summed E-state index contributed by atoms with van der Waals surface area (Å²) < 4.78 is 12.0. The number of allylic oxidation sites excluding steroid dienone is 1. The first-order valence-electron chi connectivity index (χ1n) is 6.97. The maximum absolute atomic E-state index is 6.02. The molecule has 1 heterocycles. The summed E-state index contributed by atoms with van der Waals surface area (Å²) in [5.41, 5.74) is 1.95. The van der Waals surface area contributed by atoms with Gasteiger partial charge < -0.3 is 9.31 Å². The van der Waals surface area contributed by atoms with Gasteiger partial charge in [-0.3, -0.25) is 0 Å². The van der Waals surface area contributed by atoms with Gasteiger partial charge in [-0.25, -0.2) is 0 Å². The molecular weight excluding hydrogens is 235 g/mol. The molecule has 0 radical (unpaired) electrons. The zero-order chi connectivity index (χ0) is 14.1. The van der Waals surface area contributed by atoms with Crippen LogP contribution in [0.4, 0.5) is 0 Å². The van der Waals surface area contributed by atoms with E-state index in [0.717, 1.165) is 6.42 Å². The Labute approximate surface area is 117 Å². The molecule has 0 aliphatic carbocycles. The predicted octanol–water partition coefficient (Wildman–Crippen LogP) is 4.11. The lowest BCUT2D eigenvalue weighted by Gasteiger charge is -2.32. The molecule has 0 bridgehead atoms. The minimum atomic E-state index is -0.274. The van der Waals surface area contributed by atoms with Crippen molar-refractivity contribution in [2.24, 2.45) is 0 Å². The van der Waals surface area contributed by atoms with E-state index in [-0.39, 0.29) is 18.3 Å². The van der Waals surface area contributed by atoms with E-state index < -0.39 is 0 Å².